The van der Waals surface area contributed by atoms with E-state index in [1.807, 2.05) is 61.5 Å². The summed E-state index contributed by atoms with van der Waals surface area (Å²) >= 11 is 0. The number of ether oxygens (including phenoxy) is 1. The summed E-state index contributed by atoms with van der Waals surface area (Å²) in [6.45, 7) is 3.33. The number of hydrogen-bond donors (Lipinski definition) is 3. The van der Waals surface area contributed by atoms with Crippen molar-refractivity contribution in [2.24, 2.45) is 0 Å². The minimum absolute atomic E-state index is 0.135. The standard InChI is InChI=1S/C24H31N3O3/c1-19-10-12-21(13-11-19)25-16-17-26-22(28)24(14-6-3-7-15-24)27-23(29)30-18-20-8-4-2-5-9-20/h2,4-5,8-13,25H,3,6-7,14-18H2,1H3,(H,26,28)(H,27,29). The summed E-state index contributed by atoms with van der Waals surface area (Å²) in [5, 5.41) is 9.15. The van der Waals surface area contributed by atoms with Gasteiger partial charge in [-0.2, -0.15) is 0 Å². The maximum Gasteiger partial charge on any atom is 0.408 e. The molecule has 1 saturated carbocycles. The first-order chi connectivity index (χ1) is 14.6. The van der Waals surface area contributed by atoms with Crippen molar-refractivity contribution in [2.75, 3.05) is 18.4 Å². The molecule has 0 aliphatic heterocycles. The normalized spacial score (nSPS) is 15.1. The van der Waals surface area contributed by atoms with Gasteiger partial charge in [0.2, 0.25) is 5.91 Å². The van der Waals surface area contributed by atoms with Crippen LogP contribution < -0.4 is 16.0 Å². The molecule has 0 unspecified atom stereocenters. The highest BCUT2D eigenvalue weighted by molar-refractivity contribution is 5.90. The van der Waals surface area contributed by atoms with Crippen LogP contribution in [0.1, 0.15) is 43.2 Å². The van der Waals surface area contributed by atoms with E-state index >= 15 is 0 Å². The lowest BCUT2D eigenvalue weighted by atomic mass is 9.81. The molecule has 2 amide bonds. The smallest absolute Gasteiger partial charge is 0.408 e. The van der Waals surface area contributed by atoms with Crippen LogP contribution >= 0.6 is 0 Å². The molecule has 2 aromatic carbocycles. The van der Waals surface area contributed by atoms with Crippen LogP contribution in [0.5, 0.6) is 0 Å². The molecule has 1 aliphatic carbocycles. The summed E-state index contributed by atoms with van der Waals surface area (Å²) in [6.07, 6.45) is 3.61. The maximum absolute atomic E-state index is 13.0. The fourth-order valence-corrected chi connectivity index (χ4v) is 3.74. The van der Waals surface area contributed by atoms with E-state index in [4.69, 9.17) is 4.74 Å². The first kappa shape index (κ1) is 21.7. The van der Waals surface area contributed by atoms with E-state index in [0.29, 0.717) is 25.9 Å². The van der Waals surface area contributed by atoms with Gasteiger partial charge in [0.05, 0.1) is 0 Å². The van der Waals surface area contributed by atoms with Crippen molar-refractivity contribution in [3.8, 4) is 0 Å². The molecule has 1 fully saturated rings. The van der Waals surface area contributed by atoms with Crippen LogP contribution in [0.25, 0.3) is 0 Å². The second kappa shape index (κ2) is 10.7. The molecular weight excluding hydrogens is 378 g/mol. The lowest BCUT2D eigenvalue weighted by molar-refractivity contribution is -0.128. The third-order valence-electron chi connectivity index (χ3n) is 5.49. The van der Waals surface area contributed by atoms with Crippen molar-refractivity contribution < 1.29 is 14.3 Å². The Balaban J connectivity index is 1.49. The number of carbonyl (C=O) groups is 2. The van der Waals surface area contributed by atoms with E-state index in [1.165, 1.54) is 5.56 Å². The van der Waals surface area contributed by atoms with E-state index in [9.17, 15) is 9.59 Å². The number of nitrogens with one attached hydrogen (secondary N) is 3. The molecule has 0 saturated heterocycles. The molecule has 1 aliphatic rings. The van der Waals surface area contributed by atoms with Crippen molar-refractivity contribution in [1.29, 1.82) is 0 Å². The number of amides is 2. The van der Waals surface area contributed by atoms with Gasteiger partial charge in [-0.1, -0.05) is 67.3 Å². The fourth-order valence-electron chi connectivity index (χ4n) is 3.74. The second-order valence-electron chi connectivity index (χ2n) is 7.88. The molecule has 6 heteroatoms. The van der Waals surface area contributed by atoms with Crippen LogP contribution in [0.15, 0.2) is 54.6 Å². The van der Waals surface area contributed by atoms with Gasteiger partial charge in [-0.05, 0) is 37.5 Å². The minimum Gasteiger partial charge on any atom is -0.445 e. The van der Waals surface area contributed by atoms with Crippen molar-refractivity contribution in [2.45, 2.75) is 51.2 Å². The van der Waals surface area contributed by atoms with Gasteiger partial charge < -0.3 is 20.7 Å². The highest BCUT2D eigenvalue weighted by atomic mass is 16.5. The summed E-state index contributed by atoms with van der Waals surface area (Å²) in [6, 6.07) is 17.6. The molecule has 160 valence electrons. The molecule has 2 aromatic rings. The molecule has 0 atom stereocenters. The van der Waals surface area contributed by atoms with Crippen LogP contribution in [0.2, 0.25) is 0 Å². The molecule has 3 N–H and O–H groups in total. The largest absolute Gasteiger partial charge is 0.445 e. The minimum atomic E-state index is -0.893. The zero-order chi connectivity index (χ0) is 21.2. The number of benzene rings is 2. The Bertz CT molecular complexity index is 815. The Morgan fingerprint density at radius 2 is 1.63 bits per heavy atom. The van der Waals surface area contributed by atoms with Gasteiger partial charge in [-0.3, -0.25) is 4.79 Å². The highest BCUT2D eigenvalue weighted by Crippen LogP contribution is 2.28. The van der Waals surface area contributed by atoms with Gasteiger partial charge in [-0.25, -0.2) is 4.79 Å². The van der Waals surface area contributed by atoms with Crippen LogP contribution in [-0.2, 0) is 16.1 Å². The van der Waals surface area contributed by atoms with Crippen molar-refractivity contribution >= 4 is 17.7 Å². The second-order valence-corrected chi connectivity index (χ2v) is 7.88. The molecule has 6 nitrogen and oxygen atoms in total. The number of rotatable bonds is 8. The van der Waals surface area contributed by atoms with E-state index in [-0.39, 0.29) is 12.5 Å². The number of hydrogen-bond acceptors (Lipinski definition) is 4. The van der Waals surface area contributed by atoms with E-state index < -0.39 is 11.6 Å². The SMILES string of the molecule is Cc1ccc(NCCNC(=O)C2(NC(=O)OCc3ccccc3)CCCCC2)cc1. The summed E-state index contributed by atoms with van der Waals surface area (Å²) in [5.74, 6) is -0.135. The molecule has 0 radical (unpaired) electrons. The van der Waals surface area contributed by atoms with Crippen LogP contribution in [0.4, 0.5) is 10.5 Å². The molecule has 3 rings (SSSR count). The zero-order valence-corrected chi connectivity index (χ0v) is 17.6. The van der Waals surface area contributed by atoms with Crippen molar-refractivity contribution in [3.05, 3.63) is 65.7 Å². The van der Waals surface area contributed by atoms with Gasteiger partial charge in [0, 0.05) is 18.8 Å². The highest BCUT2D eigenvalue weighted by Gasteiger charge is 2.41. The lowest BCUT2D eigenvalue weighted by Crippen LogP contribution is -2.60. The van der Waals surface area contributed by atoms with Crippen LogP contribution in [-0.4, -0.2) is 30.6 Å². The zero-order valence-electron chi connectivity index (χ0n) is 17.6. The molecule has 0 bridgehead atoms. The van der Waals surface area contributed by atoms with Crippen molar-refractivity contribution in [3.63, 3.8) is 0 Å². The Hall–Kier alpha value is -3.02. The molecule has 0 heterocycles. The molecule has 0 aromatic heterocycles. The number of alkyl carbamates (subject to hydrolysis) is 1. The van der Waals surface area contributed by atoms with Gasteiger partial charge in [0.15, 0.2) is 0 Å². The van der Waals surface area contributed by atoms with E-state index in [1.54, 1.807) is 0 Å². The Kier molecular flexibility index (Phi) is 7.71. The predicted molar refractivity (Wildman–Crippen MR) is 118 cm³/mol. The van der Waals surface area contributed by atoms with E-state index in [0.717, 1.165) is 30.5 Å². The monoisotopic (exact) mass is 409 g/mol. The van der Waals surface area contributed by atoms with E-state index in [2.05, 4.69) is 16.0 Å². The summed E-state index contributed by atoms with van der Waals surface area (Å²) in [7, 11) is 0. The molecule has 30 heavy (non-hydrogen) atoms. The lowest BCUT2D eigenvalue weighted by Gasteiger charge is -2.36. The molecular formula is C24H31N3O3. The third kappa shape index (κ3) is 6.24. The average Bonchev–Trinajstić information content (AvgIpc) is 2.77. The van der Waals surface area contributed by atoms with Crippen molar-refractivity contribution in [1.82, 2.24) is 10.6 Å². The number of aryl methyl sites for hydroxylation is 1. The maximum atomic E-state index is 13.0. The Labute approximate surface area is 178 Å². The quantitative estimate of drug-likeness (QED) is 0.572. The fraction of sp³-hybridized carbons (Fsp3) is 0.417. The number of carbonyl (C=O) groups excluding carboxylic acids is 2. The van der Waals surface area contributed by atoms with Gasteiger partial charge >= 0.3 is 6.09 Å². The Morgan fingerprint density at radius 1 is 0.933 bits per heavy atom. The predicted octanol–water partition coefficient (Wildman–Crippen LogP) is 4.15. The Morgan fingerprint density at radius 3 is 2.33 bits per heavy atom. The summed E-state index contributed by atoms with van der Waals surface area (Å²) in [5.41, 5.74) is 2.25. The third-order valence-corrected chi connectivity index (χ3v) is 5.49. The topological polar surface area (TPSA) is 79.5 Å². The summed E-state index contributed by atoms with van der Waals surface area (Å²) < 4.78 is 5.36. The van der Waals surface area contributed by atoms with Crippen LogP contribution in [0.3, 0.4) is 0 Å². The number of anilines is 1. The first-order valence-corrected chi connectivity index (χ1v) is 10.7. The summed E-state index contributed by atoms with van der Waals surface area (Å²) in [4.78, 5) is 25.4. The molecule has 0 spiro atoms. The first-order valence-electron chi connectivity index (χ1n) is 10.7. The van der Waals surface area contributed by atoms with Gasteiger partial charge in [0.1, 0.15) is 12.1 Å². The average molecular weight is 410 g/mol. The van der Waals surface area contributed by atoms with Gasteiger partial charge in [-0.15, -0.1) is 0 Å². The van der Waals surface area contributed by atoms with Gasteiger partial charge in [0.25, 0.3) is 0 Å². The van der Waals surface area contributed by atoms with Crippen LogP contribution in [0, 0.1) is 6.92 Å².